The molecule has 0 unspecified atom stereocenters. The van der Waals surface area contributed by atoms with Gasteiger partial charge in [-0.05, 0) is 34.1 Å². The highest BCUT2D eigenvalue weighted by Gasteiger charge is 2.16. The topological polar surface area (TPSA) is 53.7 Å². The van der Waals surface area contributed by atoms with Crippen LogP contribution in [0, 0.1) is 5.82 Å². The molecule has 6 heteroatoms. The van der Waals surface area contributed by atoms with E-state index in [1.54, 1.807) is 12.1 Å². The van der Waals surface area contributed by atoms with Crippen molar-refractivity contribution < 1.29 is 18.6 Å². The SMILES string of the molecule is Nc1cc2c(cc1Oc1ccc(F)cc1Br)OCCO2. The molecule has 20 heavy (non-hydrogen) atoms. The Balaban J connectivity index is 1.94. The fourth-order valence-electron chi connectivity index (χ4n) is 1.85. The van der Waals surface area contributed by atoms with Crippen LogP contribution in [0.25, 0.3) is 0 Å². The van der Waals surface area contributed by atoms with Crippen LogP contribution in [0.2, 0.25) is 0 Å². The molecule has 0 bridgehead atoms. The zero-order chi connectivity index (χ0) is 14.1. The van der Waals surface area contributed by atoms with Crippen LogP contribution in [-0.4, -0.2) is 13.2 Å². The van der Waals surface area contributed by atoms with Gasteiger partial charge in [0.2, 0.25) is 0 Å². The van der Waals surface area contributed by atoms with Crippen LogP contribution in [0.5, 0.6) is 23.0 Å². The van der Waals surface area contributed by atoms with E-state index < -0.39 is 0 Å². The molecule has 2 aromatic carbocycles. The lowest BCUT2D eigenvalue weighted by molar-refractivity contribution is 0.171. The van der Waals surface area contributed by atoms with E-state index in [0.29, 0.717) is 46.4 Å². The van der Waals surface area contributed by atoms with Crippen LogP contribution in [0.4, 0.5) is 10.1 Å². The second kappa shape index (κ2) is 5.20. The second-order valence-corrected chi connectivity index (χ2v) is 5.06. The third-order valence-electron chi connectivity index (χ3n) is 2.79. The summed E-state index contributed by atoms with van der Waals surface area (Å²) in [6, 6.07) is 7.48. The Bertz CT molecular complexity index is 663. The van der Waals surface area contributed by atoms with E-state index in [2.05, 4.69) is 15.9 Å². The van der Waals surface area contributed by atoms with Crippen molar-refractivity contribution in [1.82, 2.24) is 0 Å². The summed E-state index contributed by atoms with van der Waals surface area (Å²) in [5.74, 6) is 1.73. The van der Waals surface area contributed by atoms with Gasteiger partial charge >= 0.3 is 0 Å². The Kier molecular flexibility index (Phi) is 3.40. The minimum Gasteiger partial charge on any atom is -0.486 e. The molecule has 104 valence electrons. The van der Waals surface area contributed by atoms with Crippen LogP contribution in [0.15, 0.2) is 34.8 Å². The summed E-state index contributed by atoms with van der Waals surface area (Å²) in [6.45, 7) is 0.979. The molecule has 3 rings (SSSR count). The minimum atomic E-state index is -0.348. The van der Waals surface area contributed by atoms with Crippen molar-refractivity contribution in [1.29, 1.82) is 0 Å². The predicted octanol–water partition coefficient (Wildman–Crippen LogP) is 3.73. The number of hydrogen-bond donors (Lipinski definition) is 1. The molecule has 1 aliphatic rings. The summed E-state index contributed by atoms with van der Waals surface area (Å²) >= 11 is 3.24. The average Bonchev–Trinajstić information content (AvgIpc) is 2.42. The number of nitrogen functional groups attached to an aromatic ring is 1. The van der Waals surface area contributed by atoms with E-state index in [4.69, 9.17) is 19.9 Å². The smallest absolute Gasteiger partial charge is 0.165 e. The van der Waals surface area contributed by atoms with Gasteiger partial charge in [0, 0.05) is 12.1 Å². The van der Waals surface area contributed by atoms with E-state index in [0.717, 1.165) is 0 Å². The number of benzene rings is 2. The zero-order valence-electron chi connectivity index (χ0n) is 10.4. The van der Waals surface area contributed by atoms with Crippen LogP contribution in [0.1, 0.15) is 0 Å². The molecule has 0 amide bonds. The monoisotopic (exact) mass is 339 g/mol. The molecule has 0 saturated carbocycles. The summed E-state index contributed by atoms with van der Waals surface area (Å²) in [7, 11) is 0. The second-order valence-electron chi connectivity index (χ2n) is 4.21. The van der Waals surface area contributed by atoms with Crippen molar-refractivity contribution in [3.05, 3.63) is 40.6 Å². The van der Waals surface area contributed by atoms with Gasteiger partial charge in [-0.3, -0.25) is 0 Å². The van der Waals surface area contributed by atoms with Crippen molar-refractivity contribution in [2.45, 2.75) is 0 Å². The van der Waals surface area contributed by atoms with Gasteiger partial charge in [-0.25, -0.2) is 4.39 Å². The molecule has 0 saturated heterocycles. The van der Waals surface area contributed by atoms with Crippen LogP contribution in [0.3, 0.4) is 0 Å². The maximum atomic E-state index is 13.0. The third kappa shape index (κ3) is 2.51. The molecule has 0 radical (unpaired) electrons. The number of anilines is 1. The van der Waals surface area contributed by atoms with E-state index in [-0.39, 0.29) is 5.82 Å². The van der Waals surface area contributed by atoms with E-state index in [1.807, 2.05) is 0 Å². The highest BCUT2D eigenvalue weighted by Crippen LogP contribution is 2.41. The number of ether oxygens (including phenoxy) is 3. The molecule has 0 aromatic heterocycles. The first kappa shape index (κ1) is 13.1. The molecule has 1 heterocycles. The number of fused-ring (bicyclic) bond motifs is 1. The molecule has 0 spiro atoms. The van der Waals surface area contributed by atoms with Crippen molar-refractivity contribution >= 4 is 21.6 Å². The first-order valence-corrected chi connectivity index (χ1v) is 6.75. The van der Waals surface area contributed by atoms with Gasteiger partial charge in [-0.2, -0.15) is 0 Å². The summed E-state index contributed by atoms with van der Waals surface area (Å²) < 4.78 is 30.1. The van der Waals surface area contributed by atoms with Crippen molar-refractivity contribution in [3.63, 3.8) is 0 Å². The molecular weight excluding hydrogens is 329 g/mol. The van der Waals surface area contributed by atoms with Crippen LogP contribution in [-0.2, 0) is 0 Å². The number of nitrogens with two attached hydrogens (primary N) is 1. The van der Waals surface area contributed by atoms with Gasteiger partial charge in [-0.15, -0.1) is 0 Å². The number of halogens is 2. The zero-order valence-corrected chi connectivity index (χ0v) is 11.9. The van der Waals surface area contributed by atoms with Crippen molar-refractivity contribution in [3.8, 4) is 23.0 Å². The Morgan fingerprint density at radius 3 is 2.45 bits per heavy atom. The quantitative estimate of drug-likeness (QED) is 0.847. The number of rotatable bonds is 2. The lowest BCUT2D eigenvalue weighted by Gasteiger charge is -2.20. The summed E-state index contributed by atoms with van der Waals surface area (Å²) in [5, 5.41) is 0. The molecule has 2 N–H and O–H groups in total. The van der Waals surface area contributed by atoms with Crippen LogP contribution < -0.4 is 19.9 Å². The largest absolute Gasteiger partial charge is 0.486 e. The minimum absolute atomic E-state index is 0.348. The Morgan fingerprint density at radius 1 is 1.05 bits per heavy atom. The van der Waals surface area contributed by atoms with Gasteiger partial charge in [0.25, 0.3) is 0 Å². The molecule has 0 aliphatic carbocycles. The molecule has 0 fully saturated rings. The Labute approximate surface area is 123 Å². The standard InChI is InChI=1S/C14H11BrFNO3/c15-9-5-8(16)1-2-11(9)20-12-7-14-13(6-10(12)17)18-3-4-19-14/h1-2,5-7H,3-4,17H2. The fraction of sp³-hybridized carbons (Fsp3) is 0.143. The lowest BCUT2D eigenvalue weighted by Crippen LogP contribution is -2.15. The highest BCUT2D eigenvalue weighted by atomic mass is 79.9. The van der Waals surface area contributed by atoms with Crippen molar-refractivity contribution in [2.75, 3.05) is 18.9 Å². The first-order chi connectivity index (χ1) is 9.63. The van der Waals surface area contributed by atoms with Gasteiger partial charge < -0.3 is 19.9 Å². The van der Waals surface area contributed by atoms with Gasteiger partial charge in [-0.1, -0.05) is 0 Å². The third-order valence-corrected chi connectivity index (χ3v) is 3.41. The molecule has 0 atom stereocenters. The first-order valence-electron chi connectivity index (χ1n) is 5.95. The summed E-state index contributed by atoms with van der Waals surface area (Å²) in [4.78, 5) is 0. The highest BCUT2D eigenvalue weighted by molar-refractivity contribution is 9.10. The molecule has 1 aliphatic heterocycles. The maximum Gasteiger partial charge on any atom is 0.165 e. The average molecular weight is 340 g/mol. The number of hydrogen-bond acceptors (Lipinski definition) is 4. The van der Waals surface area contributed by atoms with E-state index in [1.165, 1.54) is 18.2 Å². The Morgan fingerprint density at radius 2 is 1.75 bits per heavy atom. The predicted molar refractivity (Wildman–Crippen MR) is 76.0 cm³/mol. The lowest BCUT2D eigenvalue weighted by atomic mass is 10.2. The Hall–Kier alpha value is -1.95. The molecule has 4 nitrogen and oxygen atoms in total. The van der Waals surface area contributed by atoms with Crippen molar-refractivity contribution in [2.24, 2.45) is 0 Å². The molecular formula is C14H11BrFNO3. The normalized spacial score (nSPS) is 13.1. The summed E-state index contributed by atoms with van der Waals surface area (Å²) in [6.07, 6.45) is 0. The maximum absolute atomic E-state index is 13.0. The van der Waals surface area contributed by atoms with Gasteiger partial charge in [0.05, 0.1) is 10.2 Å². The molecule has 2 aromatic rings. The van der Waals surface area contributed by atoms with Gasteiger partial charge in [0.1, 0.15) is 24.8 Å². The van der Waals surface area contributed by atoms with Crippen LogP contribution >= 0.6 is 15.9 Å². The van der Waals surface area contributed by atoms with E-state index in [9.17, 15) is 4.39 Å². The van der Waals surface area contributed by atoms with E-state index >= 15 is 0 Å². The summed E-state index contributed by atoms with van der Waals surface area (Å²) in [5.41, 5.74) is 6.34. The van der Waals surface area contributed by atoms with Gasteiger partial charge in [0.15, 0.2) is 17.2 Å². The fourth-order valence-corrected chi connectivity index (χ4v) is 2.28.